The molecular weight excluding hydrogens is 272 g/mol. The van der Waals surface area contributed by atoms with E-state index in [1.807, 2.05) is 4.90 Å². The number of benzene rings is 1. The maximum atomic E-state index is 14.2. The summed E-state index contributed by atoms with van der Waals surface area (Å²) in [5.41, 5.74) is 0.775. The Bertz CT molecular complexity index is 446. The second-order valence-corrected chi connectivity index (χ2v) is 6.13. The van der Waals surface area contributed by atoms with Crippen LogP contribution in [-0.2, 0) is 6.54 Å². The van der Waals surface area contributed by atoms with Crippen molar-refractivity contribution in [3.8, 4) is 0 Å². The molecule has 5 heteroatoms. The summed E-state index contributed by atoms with van der Waals surface area (Å²) in [5, 5.41) is 2.91. The van der Waals surface area contributed by atoms with Gasteiger partial charge in [0.05, 0.1) is 0 Å². The van der Waals surface area contributed by atoms with Crippen LogP contribution in [0.15, 0.2) is 12.1 Å². The van der Waals surface area contributed by atoms with Gasteiger partial charge in [-0.2, -0.15) is 0 Å². The molecule has 1 aliphatic heterocycles. The maximum absolute atomic E-state index is 14.2. The van der Waals surface area contributed by atoms with Gasteiger partial charge in [-0.1, -0.05) is 0 Å². The highest BCUT2D eigenvalue weighted by Crippen LogP contribution is 2.29. The number of rotatable bonds is 5. The minimum absolute atomic E-state index is 0.137. The summed E-state index contributed by atoms with van der Waals surface area (Å²) in [6.07, 6.45) is 1.96. The standard InChI is InChI=1S/C16H25F2N3/c1-19-10-13-8-14(17)16(15(18)9-13)21-6-4-12(5-7-21)11-20(2)3/h8-9,12,19H,4-7,10-11H2,1-3H3. The molecule has 0 atom stereocenters. The fraction of sp³-hybridized carbons (Fsp3) is 0.625. The molecule has 0 unspecified atom stereocenters. The molecule has 1 aromatic carbocycles. The van der Waals surface area contributed by atoms with E-state index in [0.29, 0.717) is 18.0 Å². The third-order valence-electron chi connectivity index (χ3n) is 4.01. The molecule has 0 saturated carbocycles. The molecule has 0 amide bonds. The summed E-state index contributed by atoms with van der Waals surface area (Å²) in [6.45, 7) is 2.95. The fourth-order valence-corrected chi connectivity index (χ4v) is 3.08. The number of hydrogen-bond donors (Lipinski definition) is 1. The van der Waals surface area contributed by atoms with Crippen LogP contribution in [0.1, 0.15) is 18.4 Å². The quantitative estimate of drug-likeness (QED) is 0.901. The van der Waals surface area contributed by atoms with Crippen LogP contribution in [0.3, 0.4) is 0 Å². The minimum atomic E-state index is -0.452. The Morgan fingerprint density at radius 2 is 1.76 bits per heavy atom. The van der Waals surface area contributed by atoms with Crippen LogP contribution in [0.2, 0.25) is 0 Å². The van der Waals surface area contributed by atoms with Gasteiger partial charge in [-0.3, -0.25) is 0 Å². The van der Waals surface area contributed by atoms with Crippen molar-refractivity contribution in [2.75, 3.05) is 45.7 Å². The van der Waals surface area contributed by atoms with Gasteiger partial charge in [0.15, 0.2) is 0 Å². The molecule has 1 saturated heterocycles. The van der Waals surface area contributed by atoms with Crippen molar-refractivity contribution in [3.63, 3.8) is 0 Å². The molecule has 1 heterocycles. The molecule has 0 radical (unpaired) electrons. The zero-order valence-electron chi connectivity index (χ0n) is 13.1. The van der Waals surface area contributed by atoms with E-state index in [4.69, 9.17) is 0 Å². The van der Waals surface area contributed by atoms with Crippen LogP contribution >= 0.6 is 0 Å². The number of nitrogens with zero attached hydrogens (tertiary/aromatic N) is 2. The Morgan fingerprint density at radius 1 is 1.19 bits per heavy atom. The SMILES string of the molecule is CNCc1cc(F)c(N2CCC(CN(C)C)CC2)c(F)c1. The van der Waals surface area contributed by atoms with Crippen molar-refractivity contribution in [1.82, 2.24) is 10.2 Å². The van der Waals surface area contributed by atoms with Gasteiger partial charge in [0.2, 0.25) is 0 Å². The Hall–Kier alpha value is -1.20. The largest absolute Gasteiger partial charge is 0.367 e. The third kappa shape index (κ3) is 4.14. The van der Waals surface area contributed by atoms with E-state index in [2.05, 4.69) is 24.3 Å². The van der Waals surface area contributed by atoms with Crippen LogP contribution in [0, 0.1) is 17.6 Å². The summed E-state index contributed by atoms with van der Waals surface area (Å²) >= 11 is 0. The number of hydrogen-bond acceptors (Lipinski definition) is 3. The molecule has 21 heavy (non-hydrogen) atoms. The number of piperidine rings is 1. The van der Waals surface area contributed by atoms with Gasteiger partial charge >= 0.3 is 0 Å². The molecule has 118 valence electrons. The predicted molar refractivity (Wildman–Crippen MR) is 82.6 cm³/mol. The van der Waals surface area contributed by atoms with Crippen molar-refractivity contribution in [2.45, 2.75) is 19.4 Å². The van der Waals surface area contributed by atoms with E-state index >= 15 is 0 Å². The fourth-order valence-electron chi connectivity index (χ4n) is 3.08. The van der Waals surface area contributed by atoms with Crippen LogP contribution in [0.5, 0.6) is 0 Å². The summed E-state index contributed by atoms with van der Waals surface area (Å²) in [6, 6.07) is 2.86. The Labute approximate surface area is 125 Å². The molecule has 3 nitrogen and oxygen atoms in total. The highest BCUT2D eigenvalue weighted by molar-refractivity contribution is 5.51. The Kier molecular flexibility index (Phi) is 5.53. The monoisotopic (exact) mass is 297 g/mol. The molecule has 1 aromatic rings. The van der Waals surface area contributed by atoms with E-state index in [1.54, 1.807) is 7.05 Å². The molecular formula is C16H25F2N3. The zero-order chi connectivity index (χ0) is 15.4. The first kappa shape index (κ1) is 16.2. The second-order valence-electron chi connectivity index (χ2n) is 6.13. The Morgan fingerprint density at radius 3 is 2.24 bits per heavy atom. The van der Waals surface area contributed by atoms with Crippen molar-refractivity contribution in [1.29, 1.82) is 0 Å². The Balaban J connectivity index is 2.06. The van der Waals surface area contributed by atoms with Crippen molar-refractivity contribution >= 4 is 5.69 Å². The predicted octanol–water partition coefficient (Wildman–Crippen LogP) is 2.46. The highest BCUT2D eigenvalue weighted by Gasteiger charge is 2.24. The lowest BCUT2D eigenvalue weighted by molar-refractivity contribution is 0.284. The van der Waals surface area contributed by atoms with Gasteiger partial charge in [0.1, 0.15) is 17.3 Å². The van der Waals surface area contributed by atoms with Gasteiger partial charge in [-0.05, 0) is 57.6 Å². The molecule has 1 fully saturated rings. The average molecular weight is 297 g/mol. The van der Waals surface area contributed by atoms with Gasteiger partial charge in [0.25, 0.3) is 0 Å². The normalized spacial score (nSPS) is 16.8. The first-order valence-corrected chi connectivity index (χ1v) is 7.53. The van der Waals surface area contributed by atoms with Crippen LogP contribution in [0.25, 0.3) is 0 Å². The summed E-state index contributed by atoms with van der Waals surface area (Å²) in [7, 11) is 5.89. The summed E-state index contributed by atoms with van der Waals surface area (Å²) in [4.78, 5) is 4.02. The van der Waals surface area contributed by atoms with Crippen molar-refractivity contribution in [3.05, 3.63) is 29.3 Å². The lowest BCUT2D eigenvalue weighted by atomic mass is 9.96. The minimum Gasteiger partial charge on any atom is -0.367 e. The molecule has 1 N–H and O–H groups in total. The third-order valence-corrected chi connectivity index (χ3v) is 4.01. The van der Waals surface area contributed by atoms with E-state index in [0.717, 1.165) is 32.5 Å². The molecule has 0 spiro atoms. The first-order valence-electron chi connectivity index (χ1n) is 7.53. The molecule has 1 aliphatic rings. The van der Waals surface area contributed by atoms with Gasteiger partial charge in [-0.15, -0.1) is 0 Å². The van der Waals surface area contributed by atoms with E-state index in [9.17, 15) is 8.78 Å². The number of nitrogens with one attached hydrogen (secondary N) is 1. The van der Waals surface area contributed by atoms with Gasteiger partial charge in [-0.25, -0.2) is 8.78 Å². The number of halogens is 2. The van der Waals surface area contributed by atoms with Crippen molar-refractivity contribution in [2.24, 2.45) is 5.92 Å². The van der Waals surface area contributed by atoms with Crippen molar-refractivity contribution < 1.29 is 8.78 Å². The topological polar surface area (TPSA) is 18.5 Å². The summed E-state index contributed by atoms with van der Waals surface area (Å²) < 4.78 is 28.4. The van der Waals surface area contributed by atoms with E-state index in [1.165, 1.54) is 12.1 Å². The summed E-state index contributed by atoms with van der Waals surface area (Å²) in [5.74, 6) is -0.288. The lowest BCUT2D eigenvalue weighted by Gasteiger charge is -2.35. The first-order chi connectivity index (χ1) is 10.0. The van der Waals surface area contributed by atoms with Crippen LogP contribution in [0.4, 0.5) is 14.5 Å². The van der Waals surface area contributed by atoms with Gasteiger partial charge < -0.3 is 15.1 Å². The maximum Gasteiger partial charge on any atom is 0.149 e. The zero-order valence-corrected chi connectivity index (χ0v) is 13.1. The smallest absolute Gasteiger partial charge is 0.149 e. The van der Waals surface area contributed by atoms with Gasteiger partial charge in [0, 0.05) is 26.2 Å². The average Bonchev–Trinajstić information content (AvgIpc) is 2.39. The molecule has 2 rings (SSSR count). The van der Waals surface area contributed by atoms with E-state index < -0.39 is 11.6 Å². The lowest BCUT2D eigenvalue weighted by Crippen LogP contribution is -2.38. The molecule has 0 bridgehead atoms. The molecule has 0 aromatic heterocycles. The molecule has 0 aliphatic carbocycles. The number of anilines is 1. The van der Waals surface area contributed by atoms with E-state index in [-0.39, 0.29) is 5.69 Å². The second kappa shape index (κ2) is 7.18. The van der Waals surface area contributed by atoms with Crippen LogP contribution < -0.4 is 10.2 Å². The van der Waals surface area contributed by atoms with Crippen LogP contribution in [-0.4, -0.2) is 45.7 Å². The highest BCUT2D eigenvalue weighted by atomic mass is 19.1.